The van der Waals surface area contributed by atoms with E-state index in [1.165, 1.54) is 6.07 Å². The first-order valence-corrected chi connectivity index (χ1v) is 6.34. The highest BCUT2D eigenvalue weighted by Crippen LogP contribution is 2.30. The second-order valence-corrected chi connectivity index (χ2v) is 4.22. The van der Waals surface area contributed by atoms with E-state index in [4.69, 9.17) is 4.74 Å². The van der Waals surface area contributed by atoms with Crippen LogP contribution < -0.4 is 10.1 Å². The van der Waals surface area contributed by atoms with Crippen molar-refractivity contribution in [2.45, 2.75) is 19.9 Å². The first kappa shape index (κ1) is 13.9. The quantitative estimate of drug-likeness (QED) is 0.599. The van der Waals surface area contributed by atoms with Gasteiger partial charge in [-0.2, -0.15) is 5.10 Å². The van der Waals surface area contributed by atoms with Gasteiger partial charge < -0.3 is 10.1 Å². The summed E-state index contributed by atoms with van der Waals surface area (Å²) in [5.41, 5.74) is 1.67. The van der Waals surface area contributed by atoms with Gasteiger partial charge in [0.15, 0.2) is 5.75 Å². The molecule has 0 spiro atoms. The molecule has 0 atom stereocenters. The van der Waals surface area contributed by atoms with Crippen molar-refractivity contribution in [3.63, 3.8) is 0 Å². The van der Waals surface area contributed by atoms with Crippen molar-refractivity contribution in [2.24, 2.45) is 0 Å². The van der Waals surface area contributed by atoms with Crippen molar-refractivity contribution < 1.29 is 9.66 Å². The zero-order valence-corrected chi connectivity index (χ0v) is 11.1. The van der Waals surface area contributed by atoms with Crippen LogP contribution in [-0.2, 0) is 6.54 Å². The number of nitro groups is 1. The molecule has 0 saturated carbocycles. The summed E-state index contributed by atoms with van der Waals surface area (Å²) in [6.07, 6.45) is 2.46. The fourth-order valence-corrected chi connectivity index (χ4v) is 1.68. The van der Waals surface area contributed by atoms with Crippen LogP contribution in [0.25, 0.3) is 0 Å². The van der Waals surface area contributed by atoms with E-state index >= 15 is 0 Å². The molecule has 2 rings (SSSR count). The standard InChI is InChI=1S/C13H16N4O3/c1-2-7-20-13-8-10(3-4-12(13)17(18)19)14-9-11-5-6-15-16-11/h3-6,8,14H,2,7,9H2,1H3,(H,15,16). The van der Waals surface area contributed by atoms with Crippen LogP contribution in [-0.4, -0.2) is 21.7 Å². The molecule has 0 amide bonds. The zero-order chi connectivity index (χ0) is 14.4. The number of benzene rings is 1. The molecule has 0 unspecified atom stereocenters. The van der Waals surface area contributed by atoms with E-state index in [9.17, 15) is 10.1 Å². The van der Waals surface area contributed by atoms with Gasteiger partial charge in [0.05, 0.1) is 23.8 Å². The Kier molecular flexibility index (Phi) is 4.54. The number of anilines is 1. The van der Waals surface area contributed by atoms with Crippen molar-refractivity contribution in [2.75, 3.05) is 11.9 Å². The maximum Gasteiger partial charge on any atom is 0.311 e. The van der Waals surface area contributed by atoms with Crippen molar-refractivity contribution in [1.82, 2.24) is 10.2 Å². The van der Waals surface area contributed by atoms with Gasteiger partial charge in [0, 0.05) is 24.0 Å². The van der Waals surface area contributed by atoms with Crippen LogP contribution in [0, 0.1) is 10.1 Å². The van der Waals surface area contributed by atoms with Gasteiger partial charge in [-0.05, 0) is 18.6 Å². The number of aromatic amines is 1. The number of aromatic nitrogens is 2. The summed E-state index contributed by atoms with van der Waals surface area (Å²) in [5.74, 6) is 0.284. The normalized spacial score (nSPS) is 10.2. The third-order valence-corrected chi connectivity index (χ3v) is 2.66. The van der Waals surface area contributed by atoms with Crippen LogP contribution in [0.3, 0.4) is 0 Å². The lowest BCUT2D eigenvalue weighted by atomic mass is 10.2. The minimum absolute atomic E-state index is 0.0226. The van der Waals surface area contributed by atoms with E-state index in [1.807, 2.05) is 13.0 Å². The van der Waals surface area contributed by atoms with Gasteiger partial charge in [0.2, 0.25) is 0 Å². The Balaban J connectivity index is 2.11. The number of hydrogen-bond acceptors (Lipinski definition) is 5. The molecule has 0 aliphatic rings. The average molecular weight is 276 g/mol. The highest BCUT2D eigenvalue weighted by molar-refractivity contribution is 5.58. The molecule has 0 saturated heterocycles. The number of rotatable bonds is 7. The minimum atomic E-state index is -0.441. The largest absolute Gasteiger partial charge is 0.487 e. The molecule has 2 aromatic rings. The number of ether oxygens (including phenoxy) is 1. The first-order valence-electron chi connectivity index (χ1n) is 6.34. The molecule has 0 radical (unpaired) electrons. The molecule has 0 fully saturated rings. The monoisotopic (exact) mass is 276 g/mol. The molecule has 7 heteroatoms. The van der Waals surface area contributed by atoms with Gasteiger partial charge in [-0.15, -0.1) is 0 Å². The topological polar surface area (TPSA) is 93.1 Å². The maximum atomic E-state index is 10.9. The van der Waals surface area contributed by atoms with Crippen LogP contribution >= 0.6 is 0 Å². The molecule has 1 aromatic heterocycles. The predicted molar refractivity (Wildman–Crippen MR) is 74.8 cm³/mol. The highest BCUT2D eigenvalue weighted by atomic mass is 16.6. The smallest absolute Gasteiger partial charge is 0.311 e. The Bertz CT molecular complexity index is 569. The van der Waals surface area contributed by atoms with E-state index in [1.54, 1.807) is 18.3 Å². The second-order valence-electron chi connectivity index (χ2n) is 4.22. The molecular weight excluding hydrogens is 260 g/mol. The van der Waals surface area contributed by atoms with Gasteiger partial charge in [0.25, 0.3) is 0 Å². The summed E-state index contributed by atoms with van der Waals surface area (Å²) >= 11 is 0. The average Bonchev–Trinajstić information content (AvgIpc) is 2.96. The number of nitrogens with one attached hydrogen (secondary N) is 2. The summed E-state index contributed by atoms with van der Waals surface area (Å²) in [4.78, 5) is 10.5. The molecule has 1 heterocycles. The fraction of sp³-hybridized carbons (Fsp3) is 0.308. The van der Waals surface area contributed by atoms with E-state index in [0.29, 0.717) is 13.2 Å². The van der Waals surface area contributed by atoms with Crippen molar-refractivity contribution in [1.29, 1.82) is 0 Å². The van der Waals surface area contributed by atoms with Crippen LogP contribution in [0.15, 0.2) is 30.5 Å². The van der Waals surface area contributed by atoms with Crippen molar-refractivity contribution in [3.8, 4) is 5.75 Å². The zero-order valence-electron chi connectivity index (χ0n) is 11.1. The lowest BCUT2D eigenvalue weighted by Gasteiger charge is -2.09. The summed E-state index contributed by atoms with van der Waals surface area (Å²) in [7, 11) is 0. The predicted octanol–water partition coefficient (Wildman–Crippen LogP) is 2.72. The maximum absolute atomic E-state index is 10.9. The molecule has 0 aliphatic heterocycles. The van der Waals surface area contributed by atoms with E-state index in [2.05, 4.69) is 15.5 Å². The van der Waals surface area contributed by atoms with Crippen LogP contribution in [0.4, 0.5) is 11.4 Å². The van der Waals surface area contributed by atoms with Gasteiger partial charge >= 0.3 is 5.69 Å². The molecule has 1 aromatic carbocycles. The second kappa shape index (κ2) is 6.55. The van der Waals surface area contributed by atoms with Crippen LogP contribution in [0.5, 0.6) is 5.75 Å². The van der Waals surface area contributed by atoms with Crippen molar-refractivity contribution in [3.05, 3.63) is 46.3 Å². The third-order valence-electron chi connectivity index (χ3n) is 2.66. The number of nitrogens with zero attached hydrogens (tertiary/aromatic N) is 2. The third kappa shape index (κ3) is 3.47. The molecule has 0 bridgehead atoms. The number of hydrogen-bond donors (Lipinski definition) is 2. The van der Waals surface area contributed by atoms with Crippen LogP contribution in [0.1, 0.15) is 19.0 Å². The van der Waals surface area contributed by atoms with Crippen molar-refractivity contribution >= 4 is 11.4 Å². The first-order chi connectivity index (χ1) is 9.70. The lowest BCUT2D eigenvalue weighted by Crippen LogP contribution is -2.03. The SMILES string of the molecule is CCCOc1cc(NCc2ccn[nH]2)ccc1[N+](=O)[O-]. The Labute approximate surface area is 116 Å². The van der Waals surface area contributed by atoms with E-state index in [-0.39, 0.29) is 11.4 Å². The van der Waals surface area contributed by atoms with Crippen LogP contribution in [0.2, 0.25) is 0 Å². The number of nitro benzene ring substituents is 1. The molecule has 0 aliphatic carbocycles. The Hall–Kier alpha value is -2.57. The fourth-order valence-electron chi connectivity index (χ4n) is 1.68. The lowest BCUT2D eigenvalue weighted by molar-refractivity contribution is -0.385. The van der Waals surface area contributed by atoms with Gasteiger partial charge in [-0.25, -0.2) is 0 Å². The molecule has 2 N–H and O–H groups in total. The highest BCUT2D eigenvalue weighted by Gasteiger charge is 2.15. The summed E-state index contributed by atoms with van der Waals surface area (Å²) in [6.45, 7) is 2.96. The van der Waals surface area contributed by atoms with E-state index < -0.39 is 4.92 Å². The van der Waals surface area contributed by atoms with E-state index in [0.717, 1.165) is 17.8 Å². The molecule has 106 valence electrons. The molecule has 20 heavy (non-hydrogen) atoms. The Morgan fingerprint density at radius 3 is 2.95 bits per heavy atom. The summed E-state index contributed by atoms with van der Waals surface area (Å²) in [5, 5.41) is 20.8. The van der Waals surface area contributed by atoms with Gasteiger partial charge in [-0.3, -0.25) is 15.2 Å². The number of H-pyrrole nitrogens is 1. The van der Waals surface area contributed by atoms with Gasteiger partial charge in [0.1, 0.15) is 0 Å². The van der Waals surface area contributed by atoms with Gasteiger partial charge in [-0.1, -0.05) is 6.92 Å². The Morgan fingerprint density at radius 2 is 2.30 bits per heavy atom. The molecule has 7 nitrogen and oxygen atoms in total. The minimum Gasteiger partial charge on any atom is -0.487 e. The summed E-state index contributed by atoms with van der Waals surface area (Å²) < 4.78 is 5.42. The summed E-state index contributed by atoms with van der Waals surface area (Å²) in [6, 6.07) is 6.60. The molecular formula is C13H16N4O3. The Morgan fingerprint density at radius 1 is 1.45 bits per heavy atom.